The van der Waals surface area contributed by atoms with Crippen LogP contribution in [0.2, 0.25) is 0 Å². The average molecular weight is 329 g/mol. The average Bonchev–Trinajstić information content (AvgIpc) is 2.48. The van der Waals surface area contributed by atoms with Gasteiger partial charge in [-0.25, -0.2) is 0 Å². The molecule has 0 heterocycles. The van der Waals surface area contributed by atoms with Crippen molar-refractivity contribution in [1.29, 1.82) is 0 Å². The van der Waals surface area contributed by atoms with E-state index in [9.17, 15) is 4.79 Å². The van der Waals surface area contributed by atoms with Gasteiger partial charge in [0.15, 0.2) is 0 Å². The molecular weight excluding hydrogens is 300 g/mol. The third-order valence-corrected chi connectivity index (χ3v) is 7.14. The van der Waals surface area contributed by atoms with E-state index in [0.29, 0.717) is 11.7 Å². The molecule has 1 aromatic carbocycles. The molecule has 1 nitrogen and oxygen atoms in total. The fourth-order valence-corrected chi connectivity index (χ4v) is 5.70. The second-order valence-electron chi connectivity index (χ2n) is 8.36. The molecule has 0 radical (unpaired) electrons. The molecule has 1 saturated carbocycles. The van der Waals surface area contributed by atoms with Gasteiger partial charge in [-0.3, -0.25) is 4.79 Å². The number of rotatable bonds is 3. The van der Waals surface area contributed by atoms with Crippen molar-refractivity contribution >= 4 is 17.5 Å². The van der Waals surface area contributed by atoms with Crippen LogP contribution in [-0.2, 0) is 4.79 Å². The molecule has 1 aromatic rings. The number of carbonyl (C=O) groups is 1. The molecule has 0 N–H and O–H groups in total. The lowest BCUT2D eigenvalue weighted by molar-refractivity contribution is -0.139. The summed E-state index contributed by atoms with van der Waals surface area (Å²) in [6, 6.07) is 10.5. The first-order chi connectivity index (χ1) is 10.8. The molecule has 0 saturated heterocycles. The second-order valence-corrected chi connectivity index (χ2v) is 9.41. The second kappa shape index (κ2) is 6.12. The summed E-state index contributed by atoms with van der Waals surface area (Å²) in [5.41, 5.74) is 2.98. The van der Waals surface area contributed by atoms with Crippen LogP contribution < -0.4 is 0 Å². The predicted octanol–water partition coefficient (Wildman–Crippen LogP) is 5.90. The Bertz CT molecular complexity index is 629. The van der Waals surface area contributed by atoms with Crippen LogP contribution in [0.4, 0.5) is 0 Å². The first-order valence-corrected chi connectivity index (χ1v) is 9.67. The molecule has 0 aromatic heterocycles. The van der Waals surface area contributed by atoms with Gasteiger partial charge in [0.2, 0.25) is 0 Å². The fraction of sp³-hybridized carbons (Fsp3) is 0.571. The summed E-state index contributed by atoms with van der Waals surface area (Å²) < 4.78 is 0. The summed E-state index contributed by atoms with van der Waals surface area (Å²) in [5.74, 6) is 1.95. The number of fused-ring (bicyclic) bond motifs is 1. The highest BCUT2D eigenvalue weighted by atomic mass is 32.2. The van der Waals surface area contributed by atoms with Gasteiger partial charge >= 0.3 is 0 Å². The monoisotopic (exact) mass is 328 g/mol. The van der Waals surface area contributed by atoms with E-state index in [1.165, 1.54) is 22.5 Å². The minimum atomic E-state index is -0.139. The normalized spacial score (nSPS) is 30.3. The third kappa shape index (κ3) is 3.28. The summed E-state index contributed by atoms with van der Waals surface area (Å²) in [6.45, 7) is 9.02. The smallest absolute Gasteiger partial charge is 0.141 e. The van der Waals surface area contributed by atoms with Gasteiger partial charge in [0.05, 0.1) is 0 Å². The topological polar surface area (TPSA) is 17.1 Å². The van der Waals surface area contributed by atoms with E-state index in [-0.39, 0.29) is 10.8 Å². The van der Waals surface area contributed by atoms with Crippen LogP contribution in [0.1, 0.15) is 53.4 Å². The van der Waals surface area contributed by atoms with E-state index in [2.05, 4.69) is 58.0 Å². The Hall–Kier alpha value is -1.02. The predicted molar refractivity (Wildman–Crippen MR) is 98.7 cm³/mol. The van der Waals surface area contributed by atoms with E-state index in [1.807, 2.05) is 11.8 Å². The SMILES string of the molecule is CC1=C(C)C[C@]2(CSc3ccccc3)C(=O)CC(C)(C)C[C@H]2C1. The number of benzene rings is 1. The Kier molecular flexibility index (Phi) is 4.48. The van der Waals surface area contributed by atoms with E-state index in [1.54, 1.807) is 0 Å². The molecular formula is C21H28OS. The maximum absolute atomic E-state index is 13.2. The lowest BCUT2D eigenvalue weighted by Crippen LogP contribution is -2.50. The molecule has 2 atom stereocenters. The van der Waals surface area contributed by atoms with Crippen molar-refractivity contribution in [1.82, 2.24) is 0 Å². The molecule has 2 aliphatic rings. The minimum absolute atomic E-state index is 0.139. The zero-order chi connectivity index (χ0) is 16.7. The van der Waals surface area contributed by atoms with Gasteiger partial charge in [0, 0.05) is 22.5 Å². The van der Waals surface area contributed by atoms with Crippen molar-refractivity contribution in [3.05, 3.63) is 41.5 Å². The highest BCUT2D eigenvalue weighted by Gasteiger charge is 2.53. The van der Waals surface area contributed by atoms with E-state index in [0.717, 1.165) is 25.0 Å². The fourth-order valence-electron chi connectivity index (χ4n) is 4.43. The molecule has 0 spiro atoms. The zero-order valence-corrected chi connectivity index (χ0v) is 15.6. The van der Waals surface area contributed by atoms with Gasteiger partial charge in [0.1, 0.15) is 5.78 Å². The Morgan fingerprint density at radius 2 is 1.78 bits per heavy atom. The van der Waals surface area contributed by atoms with Crippen LogP contribution in [-0.4, -0.2) is 11.5 Å². The van der Waals surface area contributed by atoms with Crippen molar-refractivity contribution in [2.24, 2.45) is 16.7 Å². The van der Waals surface area contributed by atoms with Crippen molar-refractivity contribution in [3.8, 4) is 0 Å². The molecule has 124 valence electrons. The number of allylic oxidation sites excluding steroid dienone is 2. The van der Waals surface area contributed by atoms with Gasteiger partial charge in [-0.15, -0.1) is 11.8 Å². The number of thioether (sulfide) groups is 1. The summed E-state index contributed by atoms with van der Waals surface area (Å²) in [6.07, 6.45) is 4.00. The van der Waals surface area contributed by atoms with E-state index in [4.69, 9.17) is 0 Å². The van der Waals surface area contributed by atoms with Crippen LogP contribution in [0.5, 0.6) is 0 Å². The molecule has 2 heteroatoms. The Labute approximate surface area is 144 Å². The number of Topliss-reactive ketones (excluding diaryl/α,β-unsaturated/α-hetero) is 1. The molecule has 0 bridgehead atoms. The summed E-state index contributed by atoms with van der Waals surface area (Å²) in [5, 5.41) is 0. The van der Waals surface area contributed by atoms with Crippen LogP contribution in [0.15, 0.2) is 46.4 Å². The number of hydrogen-bond donors (Lipinski definition) is 0. The maximum Gasteiger partial charge on any atom is 0.141 e. The zero-order valence-electron chi connectivity index (χ0n) is 14.8. The van der Waals surface area contributed by atoms with Crippen LogP contribution in [0.25, 0.3) is 0 Å². The van der Waals surface area contributed by atoms with Crippen molar-refractivity contribution in [2.75, 3.05) is 5.75 Å². The number of hydrogen-bond acceptors (Lipinski definition) is 2. The van der Waals surface area contributed by atoms with Crippen LogP contribution >= 0.6 is 11.8 Å². The Balaban J connectivity index is 1.89. The van der Waals surface area contributed by atoms with Gasteiger partial charge in [-0.1, -0.05) is 43.2 Å². The van der Waals surface area contributed by atoms with Gasteiger partial charge < -0.3 is 0 Å². The maximum atomic E-state index is 13.2. The van der Waals surface area contributed by atoms with Crippen LogP contribution in [0, 0.1) is 16.7 Å². The molecule has 3 rings (SSSR count). The number of ketones is 1. The Morgan fingerprint density at radius 3 is 2.48 bits per heavy atom. The third-order valence-electron chi connectivity index (χ3n) is 5.88. The first-order valence-electron chi connectivity index (χ1n) is 8.69. The van der Waals surface area contributed by atoms with Crippen molar-refractivity contribution in [2.45, 2.75) is 58.3 Å². The molecule has 0 unspecified atom stereocenters. The largest absolute Gasteiger partial charge is 0.299 e. The Morgan fingerprint density at radius 1 is 1.09 bits per heavy atom. The summed E-state index contributed by atoms with van der Waals surface area (Å²) >= 11 is 1.87. The highest BCUT2D eigenvalue weighted by molar-refractivity contribution is 7.99. The standard InChI is InChI=1S/C21H28OS/c1-15-10-17-12-20(3,4)13-19(22)21(17,11-16(15)2)14-23-18-8-6-5-7-9-18/h5-9,17H,10-14H2,1-4H3/t17-,21-/m1/s1. The number of carbonyl (C=O) groups excluding carboxylic acids is 1. The van der Waals surface area contributed by atoms with Crippen LogP contribution in [0.3, 0.4) is 0 Å². The van der Waals surface area contributed by atoms with Gasteiger partial charge in [0.25, 0.3) is 0 Å². The minimum Gasteiger partial charge on any atom is -0.299 e. The molecule has 23 heavy (non-hydrogen) atoms. The summed E-state index contributed by atoms with van der Waals surface area (Å²) in [7, 11) is 0. The molecule has 2 aliphatic carbocycles. The first kappa shape index (κ1) is 16.8. The van der Waals surface area contributed by atoms with E-state index < -0.39 is 0 Å². The lowest BCUT2D eigenvalue weighted by Gasteiger charge is -2.51. The van der Waals surface area contributed by atoms with E-state index >= 15 is 0 Å². The molecule has 0 aliphatic heterocycles. The van der Waals surface area contributed by atoms with Crippen molar-refractivity contribution in [3.63, 3.8) is 0 Å². The van der Waals surface area contributed by atoms with Gasteiger partial charge in [-0.2, -0.15) is 0 Å². The lowest BCUT2D eigenvalue weighted by atomic mass is 9.53. The quantitative estimate of drug-likeness (QED) is 0.507. The molecule has 1 fully saturated rings. The van der Waals surface area contributed by atoms with Crippen molar-refractivity contribution < 1.29 is 4.79 Å². The van der Waals surface area contributed by atoms with Gasteiger partial charge in [-0.05, 0) is 56.6 Å². The molecule has 0 amide bonds. The summed E-state index contributed by atoms with van der Waals surface area (Å²) in [4.78, 5) is 14.5. The highest BCUT2D eigenvalue weighted by Crippen LogP contribution is 2.56.